The van der Waals surface area contributed by atoms with Gasteiger partial charge in [-0.3, -0.25) is 0 Å². The molecule has 1 N–H and O–H groups in total. The highest BCUT2D eigenvalue weighted by atomic mass is 19.1. The van der Waals surface area contributed by atoms with Crippen molar-refractivity contribution < 1.29 is 4.39 Å². The lowest BCUT2D eigenvalue weighted by Gasteiger charge is -2.34. The van der Waals surface area contributed by atoms with E-state index in [4.69, 9.17) is 0 Å². The lowest BCUT2D eigenvalue weighted by atomic mass is 9.73. The molecule has 1 atom stereocenters. The zero-order valence-electron chi connectivity index (χ0n) is 16.1. The monoisotopic (exact) mass is 353 g/mol. The van der Waals surface area contributed by atoms with Crippen LogP contribution in [0, 0.1) is 11.2 Å². The van der Waals surface area contributed by atoms with Gasteiger partial charge in [-0.05, 0) is 66.3 Å². The molecule has 138 valence electrons. The zero-order chi connectivity index (χ0) is 18.7. The maximum atomic E-state index is 13.2. The van der Waals surface area contributed by atoms with Crippen LogP contribution in [0.2, 0.25) is 0 Å². The summed E-state index contributed by atoms with van der Waals surface area (Å²) in [7, 11) is 0. The van der Waals surface area contributed by atoms with E-state index < -0.39 is 0 Å². The predicted molar refractivity (Wildman–Crippen MR) is 106 cm³/mol. The molecule has 0 radical (unpaired) electrons. The van der Waals surface area contributed by atoms with Gasteiger partial charge in [-0.15, -0.1) is 0 Å². The molecule has 3 nitrogen and oxygen atoms in total. The number of aromatic nitrogens is 2. The van der Waals surface area contributed by atoms with E-state index in [1.165, 1.54) is 17.7 Å². The molecule has 1 unspecified atom stereocenters. The molecule has 3 aromatic rings. The van der Waals surface area contributed by atoms with Gasteiger partial charge in [0.2, 0.25) is 0 Å². The quantitative estimate of drug-likeness (QED) is 0.625. The molecule has 3 rings (SSSR count). The molecule has 1 aromatic heterocycles. The molecule has 0 fully saturated rings. The number of halogens is 1. The van der Waals surface area contributed by atoms with Crippen LogP contribution in [0.25, 0.3) is 16.6 Å². The van der Waals surface area contributed by atoms with Crippen molar-refractivity contribution in [2.45, 2.75) is 40.0 Å². The Kier molecular flexibility index (Phi) is 5.42. The summed E-state index contributed by atoms with van der Waals surface area (Å²) in [6, 6.07) is 13.0. The summed E-state index contributed by atoms with van der Waals surface area (Å²) in [5.74, 6) is 0.237. The fourth-order valence-corrected chi connectivity index (χ4v) is 3.87. The van der Waals surface area contributed by atoms with Crippen LogP contribution >= 0.6 is 0 Å². The highest BCUT2D eigenvalue weighted by Crippen LogP contribution is 2.38. The van der Waals surface area contributed by atoms with Crippen molar-refractivity contribution in [3.05, 3.63) is 60.0 Å². The summed E-state index contributed by atoms with van der Waals surface area (Å²) in [6.45, 7) is 11.0. The molecule has 0 saturated carbocycles. The number of hydrogen-bond donors (Lipinski definition) is 1. The van der Waals surface area contributed by atoms with Crippen LogP contribution in [0.3, 0.4) is 0 Å². The number of fused-ring (bicyclic) bond motifs is 1. The van der Waals surface area contributed by atoms with E-state index >= 15 is 0 Å². The SMILES string of the molecule is CCNCC(C)(C)C(CC)c1ccc2c(cnn2-c2ccc(F)cc2)c1. The zero-order valence-corrected chi connectivity index (χ0v) is 16.1. The minimum Gasteiger partial charge on any atom is -0.316 e. The van der Waals surface area contributed by atoms with Crippen molar-refractivity contribution in [3.63, 3.8) is 0 Å². The van der Waals surface area contributed by atoms with Crippen molar-refractivity contribution >= 4 is 10.9 Å². The minimum absolute atomic E-state index is 0.172. The molecule has 2 aromatic carbocycles. The third kappa shape index (κ3) is 3.65. The van der Waals surface area contributed by atoms with Gasteiger partial charge in [-0.1, -0.05) is 33.8 Å². The standard InChI is InChI=1S/C22H28FN3/c1-5-20(22(3,4)15-24-6-2)16-7-12-21-17(13-16)14-25-26(21)19-10-8-18(23)9-11-19/h7-14,20,24H,5-6,15H2,1-4H3. The Morgan fingerprint density at radius 1 is 1.12 bits per heavy atom. The molecule has 4 heteroatoms. The largest absolute Gasteiger partial charge is 0.316 e. The number of rotatable bonds is 7. The van der Waals surface area contributed by atoms with E-state index in [9.17, 15) is 4.39 Å². The summed E-state index contributed by atoms with van der Waals surface area (Å²) < 4.78 is 15.1. The lowest BCUT2D eigenvalue weighted by molar-refractivity contribution is 0.266. The summed E-state index contributed by atoms with van der Waals surface area (Å²) in [6.07, 6.45) is 2.99. The van der Waals surface area contributed by atoms with Crippen molar-refractivity contribution in [2.24, 2.45) is 5.41 Å². The van der Waals surface area contributed by atoms with Gasteiger partial charge >= 0.3 is 0 Å². The summed E-state index contributed by atoms with van der Waals surface area (Å²) >= 11 is 0. The van der Waals surface area contributed by atoms with Crippen LogP contribution in [0.1, 0.15) is 45.6 Å². The Labute approximate surface area is 155 Å². The fraction of sp³-hybridized carbons (Fsp3) is 0.409. The average molecular weight is 353 g/mol. The number of nitrogens with zero attached hydrogens (tertiary/aromatic N) is 2. The van der Waals surface area contributed by atoms with Crippen LogP contribution in [-0.4, -0.2) is 22.9 Å². The summed E-state index contributed by atoms with van der Waals surface area (Å²) in [5, 5.41) is 9.12. The van der Waals surface area contributed by atoms with Crippen LogP contribution in [-0.2, 0) is 0 Å². The Morgan fingerprint density at radius 2 is 1.85 bits per heavy atom. The van der Waals surface area contributed by atoms with Gasteiger partial charge in [-0.2, -0.15) is 5.10 Å². The molecule has 0 aliphatic heterocycles. The smallest absolute Gasteiger partial charge is 0.123 e. The molecule has 0 aliphatic carbocycles. The van der Waals surface area contributed by atoms with E-state index in [0.29, 0.717) is 5.92 Å². The maximum absolute atomic E-state index is 13.2. The first-order chi connectivity index (χ1) is 12.5. The van der Waals surface area contributed by atoms with E-state index in [0.717, 1.165) is 36.1 Å². The topological polar surface area (TPSA) is 29.9 Å². The highest BCUT2D eigenvalue weighted by molar-refractivity contribution is 5.81. The summed E-state index contributed by atoms with van der Waals surface area (Å²) in [5.41, 5.74) is 3.43. The Balaban J connectivity index is 1.96. The van der Waals surface area contributed by atoms with Gasteiger partial charge in [0.25, 0.3) is 0 Å². The molecule has 0 spiro atoms. The first-order valence-corrected chi connectivity index (χ1v) is 9.40. The summed E-state index contributed by atoms with van der Waals surface area (Å²) in [4.78, 5) is 0. The van der Waals surface area contributed by atoms with Crippen LogP contribution in [0.15, 0.2) is 48.7 Å². The molecule has 1 heterocycles. The first kappa shape index (κ1) is 18.6. The molecular weight excluding hydrogens is 325 g/mol. The third-order valence-corrected chi connectivity index (χ3v) is 5.25. The van der Waals surface area contributed by atoms with Gasteiger partial charge in [0, 0.05) is 11.9 Å². The molecular formula is C22H28FN3. The van der Waals surface area contributed by atoms with Crippen molar-refractivity contribution in [2.75, 3.05) is 13.1 Å². The van der Waals surface area contributed by atoms with E-state index in [1.54, 1.807) is 12.1 Å². The van der Waals surface area contributed by atoms with Gasteiger partial charge in [-0.25, -0.2) is 9.07 Å². The molecule has 0 aliphatic rings. The number of nitrogens with one attached hydrogen (secondary N) is 1. The predicted octanol–water partition coefficient (Wildman–Crippen LogP) is 5.29. The van der Waals surface area contributed by atoms with Crippen LogP contribution in [0.4, 0.5) is 4.39 Å². The molecule has 0 bridgehead atoms. The van der Waals surface area contributed by atoms with Gasteiger partial charge < -0.3 is 5.32 Å². The van der Waals surface area contributed by atoms with Crippen molar-refractivity contribution in [3.8, 4) is 5.69 Å². The Bertz CT molecular complexity index is 865. The highest BCUT2D eigenvalue weighted by Gasteiger charge is 2.29. The van der Waals surface area contributed by atoms with Gasteiger partial charge in [0.05, 0.1) is 17.4 Å². The molecule has 0 amide bonds. The normalized spacial score (nSPS) is 13.3. The first-order valence-electron chi connectivity index (χ1n) is 9.40. The van der Waals surface area contributed by atoms with E-state index in [1.807, 2.05) is 10.9 Å². The fourth-order valence-electron chi connectivity index (χ4n) is 3.87. The van der Waals surface area contributed by atoms with Crippen LogP contribution < -0.4 is 5.32 Å². The second-order valence-corrected chi connectivity index (χ2v) is 7.58. The van der Waals surface area contributed by atoms with Gasteiger partial charge in [0.15, 0.2) is 0 Å². The Morgan fingerprint density at radius 3 is 2.50 bits per heavy atom. The average Bonchev–Trinajstić information content (AvgIpc) is 3.04. The van der Waals surface area contributed by atoms with Crippen LogP contribution in [0.5, 0.6) is 0 Å². The number of benzene rings is 2. The van der Waals surface area contributed by atoms with E-state index in [-0.39, 0.29) is 11.2 Å². The van der Waals surface area contributed by atoms with Crippen molar-refractivity contribution in [1.29, 1.82) is 0 Å². The number of hydrogen-bond acceptors (Lipinski definition) is 2. The second kappa shape index (κ2) is 7.58. The lowest BCUT2D eigenvalue weighted by Crippen LogP contribution is -2.34. The molecule has 26 heavy (non-hydrogen) atoms. The van der Waals surface area contributed by atoms with E-state index in [2.05, 4.69) is 56.3 Å². The maximum Gasteiger partial charge on any atom is 0.123 e. The van der Waals surface area contributed by atoms with Crippen molar-refractivity contribution in [1.82, 2.24) is 15.1 Å². The van der Waals surface area contributed by atoms with Gasteiger partial charge in [0.1, 0.15) is 5.82 Å². The molecule has 0 saturated heterocycles. The Hall–Kier alpha value is -2.20. The minimum atomic E-state index is -0.235. The third-order valence-electron chi connectivity index (χ3n) is 5.25. The second-order valence-electron chi connectivity index (χ2n) is 7.58.